The number of carboxylic acid groups (broad SMARTS) is 1. The van der Waals surface area contributed by atoms with Gasteiger partial charge in [-0.05, 0) is 13.3 Å². The summed E-state index contributed by atoms with van der Waals surface area (Å²) in [6.07, 6.45) is 2.47. The van der Waals surface area contributed by atoms with E-state index in [1.807, 2.05) is 6.92 Å². The summed E-state index contributed by atoms with van der Waals surface area (Å²) in [5.74, 6) is -0.827. The third-order valence-corrected chi connectivity index (χ3v) is 0.848. The minimum absolute atomic E-state index is 0. The van der Waals surface area contributed by atoms with E-state index in [1.54, 1.807) is 13.0 Å². The largest absolute Gasteiger partial charge is 0.478 e. The zero-order chi connectivity index (χ0) is 6.57. The third-order valence-electron chi connectivity index (χ3n) is 0.848. The Labute approximate surface area is 54.3 Å². The standard InChI is InChI=1S/C6H10O2.H2O/c1-3-4-5(2)6(7)8;/h4H,3H2,1-2H3,(H,7,8);1H2. The molecule has 0 atom stereocenters. The molecule has 0 aromatic carbocycles. The maximum Gasteiger partial charge on any atom is 0.330 e. The van der Waals surface area contributed by atoms with Gasteiger partial charge in [0.2, 0.25) is 0 Å². The van der Waals surface area contributed by atoms with Gasteiger partial charge >= 0.3 is 5.97 Å². The summed E-state index contributed by atoms with van der Waals surface area (Å²) in [6, 6.07) is 0. The van der Waals surface area contributed by atoms with Crippen LogP contribution < -0.4 is 0 Å². The highest BCUT2D eigenvalue weighted by molar-refractivity contribution is 5.85. The lowest BCUT2D eigenvalue weighted by Crippen LogP contribution is -1.94. The van der Waals surface area contributed by atoms with Gasteiger partial charge in [0, 0.05) is 5.57 Å². The predicted molar refractivity (Wildman–Crippen MR) is 35.3 cm³/mol. The number of rotatable bonds is 2. The van der Waals surface area contributed by atoms with Crippen molar-refractivity contribution in [2.75, 3.05) is 0 Å². The molecular weight excluding hydrogens is 120 g/mol. The Balaban J connectivity index is 0. The van der Waals surface area contributed by atoms with E-state index in [1.165, 1.54) is 0 Å². The minimum Gasteiger partial charge on any atom is -0.478 e. The maximum absolute atomic E-state index is 10.0. The molecule has 3 nitrogen and oxygen atoms in total. The van der Waals surface area contributed by atoms with Crippen molar-refractivity contribution in [2.24, 2.45) is 0 Å². The van der Waals surface area contributed by atoms with E-state index in [2.05, 4.69) is 0 Å². The van der Waals surface area contributed by atoms with Crippen LogP contribution >= 0.6 is 0 Å². The average Bonchev–Trinajstić information content (AvgIpc) is 1.67. The first-order valence-electron chi connectivity index (χ1n) is 2.58. The van der Waals surface area contributed by atoms with Gasteiger partial charge in [0.25, 0.3) is 0 Å². The normalized spacial score (nSPS) is 10.2. The Kier molecular flexibility index (Phi) is 6.51. The first kappa shape index (κ1) is 11.0. The fraction of sp³-hybridized carbons (Fsp3) is 0.500. The molecule has 0 spiro atoms. The molecule has 0 aliphatic carbocycles. The molecular formula is C6H12O3. The molecule has 0 saturated carbocycles. The SMILES string of the molecule is CCC=C(C)C(=O)O.O. The van der Waals surface area contributed by atoms with Crippen LogP contribution in [0.4, 0.5) is 0 Å². The Morgan fingerprint density at radius 2 is 2.11 bits per heavy atom. The van der Waals surface area contributed by atoms with E-state index >= 15 is 0 Å². The molecule has 0 bridgehead atoms. The van der Waals surface area contributed by atoms with Gasteiger partial charge in [-0.1, -0.05) is 13.0 Å². The number of hydrogen-bond donors (Lipinski definition) is 1. The first-order valence-corrected chi connectivity index (χ1v) is 2.58. The second-order valence-corrected chi connectivity index (χ2v) is 1.60. The lowest BCUT2D eigenvalue weighted by molar-refractivity contribution is -0.132. The monoisotopic (exact) mass is 132 g/mol. The van der Waals surface area contributed by atoms with E-state index in [9.17, 15) is 4.79 Å². The molecule has 0 saturated heterocycles. The highest BCUT2D eigenvalue weighted by Crippen LogP contribution is 1.92. The molecule has 54 valence electrons. The molecule has 0 rings (SSSR count). The Bertz CT molecular complexity index is 115. The van der Waals surface area contributed by atoms with E-state index in [4.69, 9.17) is 5.11 Å². The number of allylic oxidation sites excluding steroid dienone is 1. The molecule has 0 aromatic rings. The summed E-state index contributed by atoms with van der Waals surface area (Å²) >= 11 is 0. The fourth-order valence-electron chi connectivity index (χ4n) is 0.393. The summed E-state index contributed by atoms with van der Waals surface area (Å²) in [6.45, 7) is 3.50. The molecule has 3 heteroatoms. The molecule has 3 N–H and O–H groups in total. The molecule has 0 amide bonds. The van der Waals surface area contributed by atoms with Gasteiger partial charge in [-0.2, -0.15) is 0 Å². The second kappa shape index (κ2) is 5.31. The van der Waals surface area contributed by atoms with Crippen LogP contribution in [0.15, 0.2) is 11.6 Å². The van der Waals surface area contributed by atoms with Crippen molar-refractivity contribution in [2.45, 2.75) is 20.3 Å². The van der Waals surface area contributed by atoms with Crippen molar-refractivity contribution in [1.82, 2.24) is 0 Å². The molecule has 0 unspecified atom stereocenters. The van der Waals surface area contributed by atoms with Gasteiger partial charge in [0.05, 0.1) is 0 Å². The van der Waals surface area contributed by atoms with E-state index in [-0.39, 0.29) is 5.48 Å². The number of carboxylic acids is 1. The number of carbonyl (C=O) groups is 1. The molecule has 0 aromatic heterocycles. The Morgan fingerprint density at radius 1 is 1.67 bits per heavy atom. The van der Waals surface area contributed by atoms with Crippen LogP contribution in [0.25, 0.3) is 0 Å². The van der Waals surface area contributed by atoms with Crippen LogP contribution in [0.2, 0.25) is 0 Å². The average molecular weight is 132 g/mol. The minimum atomic E-state index is -0.827. The third kappa shape index (κ3) is 5.03. The topological polar surface area (TPSA) is 68.8 Å². The predicted octanol–water partition coefficient (Wildman–Crippen LogP) is 0.603. The zero-order valence-corrected chi connectivity index (χ0v) is 5.64. The summed E-state index contributed by atoms with van der Waals surface area (Å²) in [5, 5.41) is 8.24. The van der Waals surface area contributed by atoms with E-state index < -0.39 is 5.97 Å². The molecule has 0 heterocycles. The van der Waals surface area contributed by atoms with Gasteiger partial charge in [0.1, 0.15) is 0 Å². The second-order valence-electron chi connectivity index (χ2n) is 1.60. The quantitative estimate of drug-likeness (QED) is 0.559. The van der Waals surface area contributed by atoms with E-state index in [0.29, 0.717) is 5.57 Å². The van der Waals surface area contributed by atoms with Crippen LogP contribution in [0, 0.1) is 0 Å². The van der Waals surface area contributed by atoms with Crippen LogP contribution in [-0.2, 0) is 4.79 Å². The molecule has 0 fully saturated rings. The van der Waals surface area contributed by atoms with Crippen molar-refractivity contribution < 1.29 is 15.4 Å². The van der Waals surface area contributed by atoms with Crippen LogP contribution in [0.1, 0.15) is 20.3 Å². The molecule has 0 aliphatic heterocycles. The van der Waals surface area contributed by atoms with Crippen LogP contribution in [0.5, 0.6) is 0 Å². The highest BCUT2D eigenvalue weighted by atomic mass is 16.4. The highest BCUT2D eigenvalue weighted by Gasteiger charge is 1.94. The zero-order valence-electron chi connectivity index (χ0n) is 5.64. The van der Waals surface area contributed by atoms with Gasteiger partial charge in [-0.3, -0.25) is 0 Å². The van der Waals surface area contributed by atoms with Gasteiger partial charge < -0.3 is 10.6 Å². The Hall–Kier alpha value is -0.830. The van der Waals surface area contributed by atoms with Crippen LogP contribution in [0.3, 0.4) is 0 Å². The lowest BCUT2D eigenvalue weighted by atomic mass is 10.2. The summed E-state index contributed by atoms with van der Waals surface area (Å²) < 4.78 is 0. The smallest absolute Gasteiger partial charge is 0.330 e. The van der Waals surface area contributed by atoms with Crippen molar-refractivity contribution >= 4 is 5.97 Å². The van der Waals surface area contributed by atoms with Crippen molar-refractivity contribution in [1.29, 1.82) is 0 Å². The first-order chi connectivity index (χ1) is 3.68. The van der Waals surface area contributed by atoms with Gasteiger partial charge in [-0.15, -0.1) is 0 Å². The van der Waals surface area contributed by atoms with Gasteiger partial charge in [-0.25, -0.2) is 4.79 Å². The number of aliphatic carboxylic acids is 1. The van der Waals surface area contributed by atoms with Crippen LogP contribution in [-0.4, -0.2) is 16.6 Å². The summed E-state index contributed by atoms with van der Waals surface area (Å²) in [7, 11) is 0. The van der Waals surface area contributed by atoms with Crippen molar-refractivity contribution in [3.63, 3.8) is 0 Å². The van der Waals surface area contributed by atoms with E-state index in [0.717, 1.165) is 6.42 Å². The summed E-state index contributed by atoms with van der Waals surface area (Å²) in [5.41, 5.74) is 0.424. The van der Waals surface area contributed by atoms with Crippen molar-refractivity contribution in [3.05, 3.63) is 11.6 Å². The number of hydrogen-bond acceptors (Lipinski definition) is 1. The molecule has 0 radical (unpaired) electrons. The molecule has 9 heavy (non-hydrogen) atoms. The Morgan fingerprint density at radius 3 is 2.22 bits per heavy atom. The van der Waals surface area contributed by atoms with Gasteiger partial charge in [0.15, 0.2) is 0 Å². The van der Waals surface area contributed by atoms with Crippen molar-refractivity contribution in [3.8, 4) is 0 Å². The lowest BCUT2D eigenvalue weighted by Gasteiger charge is -1.87. The summed E-state index contributed by atoms with van der Waals surface area (Å²) in [4.78, 5) is 10.0. The molecule has 0 aliphatic rings. The maximum atomic E-state index is 10.0. The fourth-order valence-corrected chi connectivity index (χ4v) is 0.393.